The fourth-order valence-corrected chi connectivity index (χ4v) is 2.16. The Bertz CT molecular complexity index is 502. The van der Waals surface area contributed by atoms with Gasteiger partial charge in [-0.25, -0.2) is 0 Å². The quantitative estimate of drug-likeness (QED) is 0.634. The van der Waals surface area contributed by atoms with Crippen LogP contribution in [0.4, 0.5) is 0 Å². The lowest BCUT2D eigenvalue weighted by atomic mass is 9.79. The van der Waals surface area contributed by atoms with Crippen molar-refractivity contribution < 1.29 is 14.3 Å². The van der Waals surface area contributed by atoms with Crippen molar-refractivity contribution in [3.8, 4) is 5.75 Å². The molecule has 0 radical (unpaired) electrons. The second-order valence-corrected chi connectivity index (χ2v) is 4.23. The van der Waals surface area contributed by atoms with Crippen LogP contribution in [0.5, 0.6) is 5.75 Å². The van der Waals surface area contributed by atoms with Gasteiger partial charge in [-0.15, -0.1) is 0 Å². The molecule has 1 unspecified atom stereocenters. The Morgan fingerprint density at radius 3 is 2.44 bits per heavy atom. The molecule has 94 valence electrons. The minimum absolute atomic E-state index is 0.0456. The van der Waals surface area contributed by atoms with Gasteiger partial charge in [0.1, 0.15) is 17.5 Å². The van der Waals surface area contributed by atoms with Gasteiger partial charge < -0.3 is 10.5 Å². The number of rotatable bonds is 2. The molecule has 0 heterocycles. The number of hydrogen-bond donors (Lipinski definition) is 1. The summed E-state index contributed by atoms with van der Waals surface area (Å²) in [5.41, 5.74) is 6.65. The van der Waals surface area contributed by atoms with Gasteiger partial charge in [-0.3, -0.25) is 9.59 Å². The van der Waals surface area contributed by atoms with Crippen molar-refractivity contribution in [1.29, 1.82) is 0 Å². The Kier molecular flexibility index (Phi) is 3.46. The first kappa shape index (κ1) is 12.4. The predicted molar refractivity (Wildman–Crippen MR) is 67.3 cm³/mol. The lowest BCUT2D eigenvalue weighted by Crippen LogP contribution is -2.29. The molecule has 0 amide bonds. The van der Waals surface area contributed by atoms with Gasteiger partial charge in [0.25, 0.3) is 0 Å². The smallest absolute Gasteiger partial charge is 0.175 e. The van der Waals surface area contributed by atoms with Crippen LogP contribution in [-0.4, -0.2) is 18.7 Å². The van der Waals surface area contributed by atoms with Gasteiger partial charge >= 0.3 is 0 Å². The summed E-state index contributed by atoms with van der Waals surface area (Å²) in [6.07, 6.45) is 2.12. The highest BCUT2D eigenvalue weighted by Crippen LogP contribution is 2.30. The van der Waals surface area contributed by atoms with Gasteiger partial charge in [0.2, 0.25) is 0 Å². The molecule has 0 aliphatic heterocycles. The molecule has 0 spiro atoms. The third kappa shape index (κ3) is 2.14. The lowest BCUT2D eigenvalue weighted by Gasteiger charge is -2.21. The van der Waals surface area contributed by atoms with Crippen LogP contribution in [0, 0.1) is 0 Å². The van der Waals surface area contributed by atoms with Crippen LogP contribution in [0.3, 0.4) is 0 Å². The monoisotopic (exact) mass is 245 g/mol. The third-order valence-electron chi connectivity index (χ3n) is 3.19. The molecule has 1 aliphatic carbocycles. The SMILES string of the molecule is COc1ccc(C2C(=O)CCC(=CN)C2=O)cc1. The van der Waals surface area contributed by atoms with E-state index in [0.717, 1.165) is 0 Å². The molecule has 18 heavy (non-hydrogen) atoms. The summed E-state index contributed by atoms with van der Waals surface area (Å²) >= 11 is 0. The first-order valence-corrected chi connectivity index (χ1v) is 5.79. The average Bonchev–Trinajstić information content (AvgIpc) is 2.40. The van der Waals surface area contributed by atoms with Crippen molar-refractivity contribution >= 4 is 11.6 Å². The molecule has 0 aromatic heterocycles. The van der Waals surface area contributed by atoms with E-state index in [1.54, 1.807) is 31.4 Å². The molecule has 4 heteroatoms. The molecule has 1 aromatic rings. The van der Waals surface area contributed by atoms with E-state index in [9.17, 15) is 9.59 Å². The zero-order chi connectivity index (χ0) is 13.1. The summed E-state index contributed by atoms with van der Waals surface area (Å²) in [6.45, 7) is 0. The van der Waals surface area contributed by atoms with E-state index in [-0.39, 0.29) is 11.6 Å². The number of methoxy groups -OCH3 is 1. The topological polar surface area (TPSA) is 69.4 Å². The van der Waals surface area contributed by atoms with Crippen LogP contribution in [0.1, 0.15) is 24.3 Å². The van der Waals surface area contributed by atoms with Crippen LogP contribution in [0.15, 0.2) is 36.0 Å². The van der Waals surface area contributed by atoms with Gasteiger partial charge in [0.15, 0.2) is 5.78 Å². The van der Waals surface area contributed by atoms with Crippen LogP contribution >= 0.6 is 0 Å². The van der Waals surface area contributed by atoms with Crippen molar-refractivity contribution in [2.24, 2.45) is 5.73 Å². The van der Waals surface area contributed by atoms with Gasteiger partial charge in [0.05, 0.1) is 7.11 Å². The first-order valence-electron chi connectivity index (χ1n) is 5.79. The van der Waals surface area contributed by atoms with E-state index in [0.29, 0.717) is 29.7 Å². The summed E-state index contributed by atoms with van der Waals surface area (Å²) in [6, 6.07) is 6.99. The maximum atomic E-state index is 12.1. The van der Waals surface area contributed by atoms with Gasteiger partial charge in [0, 0.05) is 18.2 Å². The Labute approximate surface area is 105 Å². The van der Waals surface area contributed by atoms with E-state index >= 15 is 0 Å². The number of hydrogen-bond acceptors (Lipinski definition) is 4. The molecule has 1 saturated carbocycles. The predicted octanol–water partition coefficient (Wildman–Crippen LogP) is 1.55. The molecule has 0 saturated heterocycles. The van der Waals surface area contributed by atoms with E-state index in [1.807, 2.05) is 0 Å². The number of nitrogens with two attached hydrogens (primary N) is 1. The molecule has 1 atom stereocenters. The number of ether oxygens (including phenoxy) is 1. The summed E-state index contributed by atoms with van der Waals surface area (Å²) in [5, 5.41) is 0. The van der Waals surface area contributed by atoms with Crippen molar-refractivity contribution in [3.63, 3.8) is 0 Å². The lowest BCUT2D eigenvalue weighted by molar-refractivity contribution is -0.129. The molecule has 1 fully saturated rings. The highest BCUT2D eigenvalue weighted by Gasteiger charge is 2.34. The zero-order valence-corrected chi connectivity index (χ0v) is 10.2. The zero-order valence-electron chi connectivity index (χ0n) is 10.2. The largest absolute Gasteiger partial charge is 0.497 e. The van der Waals surface area contributed by atoms with Gasteiger partial charge in [-0.05, 0) is 24.1 Å². The number of benzene rings is 1. The van der Waals surface area contributed by atoms with Gasteiger partial charge in [-0.1, -0.05) is 12.1 Å². The second kappa shape index (κ2) is 5.04. The summed E-state index contributed by atoms with van der Waals surface area (Å²) in [4.78, 5) is 24.0. The molecule has 4 nitrogen and oxygen atoms in total. The highest BCUT2D eigenvalue weighted by molar-refractivity contribution is 6.17. The standard InChI is InChI=1S/C14H15NO3/c1-18-11-5-2-9(3-6-11)13-12(16)7-4-10(8-15)14(13)17/h2-3,5-6,8,13H,4,7,15H2,1H3. The maximum Gasteiger partial charge on any atom is 0.175 e. The third-order valence-corrected chi connectivity index (χ3v) is 3.19. The average molecular weight is 245 g/mol. The molecule has 1 aliphatic rings. The number of ketones is 2. The summed E-state index contributed by atoms with van der Waals surface area (Å²) in [5.74, 6) is -0.238. The summed E-state index contributed by atoms with van der Waals surface area (Å²) < 4.78 is 5.05. The second-order valence-electron chi connectivity index (χ2n) is 4.23. The van der Waals surface area contributed by atoms with Gasteiger partial charge in [-0.2, -0.15) is 0 Å². The number of carbonyl (C=O) groups excluding carboxylic acids is 2. The molecule has 2 rings (SSSR count). The molecular weight excluding hydrogens is 230 g/mol. The van der Waals surface area contributed by atoms with Crippen molar-refractivity contribution in [2.45, 2.75) is 18.8 Å². The number of carbonyl (C=O) groups is 2. The van der Waals surface area contributed by atoms with Crippen molar-refractivity contribution in [2.75, 3.05) is 7.11 Å². The molecule has 1 aromatic carbocycles. The first-order chi connectivity index (χ1) is 8.67. The molecule has 2 N–H and O–H groups in total. The van der Waals surface area contributed by atoms with E-state index in [2.05, 4.69) is 0 Å². The van der Waals surface area contributed by atoms with E-state index in [1.165, 1.54) is 6.20 Å². The van der Waals surface area contributed by atoms with Crippen molar-refractivity contribution in [1.82, 2.24) is 0 Å². The Morgan fingerprint density at radius 1 is 1.22 bits per heavy atom. The highest BCUT2D eigenvalue weighted by atomic mass is 16.5. The normalized spacial score (nSPS) is 22.3. The van der Waals surface area contributed by atoms with Crippen LogP contribution in [-0.2, 0) is 9.59 Å². The molecular formula is C14H15NO3. The van der Waals surface area contributed by atoms with Crippen LogP contribution in [0.25, 0.3) is 0 Å². The number of Topliss-reactive ketones (excluding diaryl/α,β-unsaturated/α-hetero) is 2. The Balaban J connectivity index is 2.34. The van der Waals surface area contributed by atoms with Crippen LogP contribution in [0.2, 0.25) is 0 Å². The minimum Gasteiger partial charge on any atom is -0.497 e. The summed E-state index contributed by atoms with van der Waals surface area (Å²) in [7, 11) is 1.57. The fourth-order valence-electron chi connectivity index (χ4n) is 2.16. The van der Waals surface area contributed by atoms with E-state index < -0.39 is 5.92 Å². The fraction of sp³-hybridized carbons (Fsp3) is 0.286. The van der Waals surface area contributed by atoms with E-state index in [4.69, 9.17) is 10.5 Å². The van der Waals surface area contributed by atoms with Crippen molar-refractivity contribution in [3.05, 3.63) is 41.6 Å². The Hall–Kier alpha value is -2.10. The molecule has 0 bridgehead atoms. The maximum absolute atomic E-state index is 12.1. The number of allylic oxidation sites excluding steroid dienone is 1. The Morgan fingerprint density at radius 2 is 1.89 bits per heavy atom. The minimum atomic E-state index is -0.709. The van der Waals surface area contributed by atoms with Crippen LogP contribution < -0.4 is 10.5 Å².